The van der Waals surface area contributed by atoms with Crippen molar-refractivity contribution >= 4 is 0 Å². The van der Waals surface area contributed by atoms with E-state index < -0.39 is 5.60 Å². The standard InChI is InChI=1S/C9H19NO2/c1-9(2,11)7-12-8-3-5-10-6-4-8/h8,10-11H,3-7H2,1-2H3. The summed E-state index contributed by atoms with van der Waals surface area (Å²) in [5.74, 6) is 0. The van der Waals surface area contributed by atoms with Gasteiger partial charge in [-0.25, -0.2) is 0 Å². The lowest BCUT2D eigenvalue weighted by atomic mass is 10.1. The molecule has 1 aliphatic heterocycles. The van der Waals surface area contributed by atoms with E-state index in [1.165, 1.54) is 0 Å². The van der Waals surface area contributed by atoms with Crippen LogP contribution in [0, 0.1) is 0 Å². The Hall–Kier alpha value is -0.120. The topological polar surface area (TPSA) is 41.5 Å². The van der Waals surface area contributed by atoms with Crippen LogP contribution in [-0.2, 0) is 4.74 Å². The van der Waals surface area contributed by atoms with E-state index in [2.05, 4.69) is 5.32 Å². The maximum absolute atomic E-state index is 9.41. The van der Waals surface area contributed by atoms with Gasteiger partial charge >= 0.3 is 0 Å². The van der Waals surface area contributed by atoms with Crippen molar-refractivity contribution in [2.24, 2.45) is 0 Å². The van der Waals surface area contributed by atoms with E-state index in [0.29, 0.717) is 12.7 Å². The fraction of sp³-hybridized carbons (Fsp3) is 1.00. The van der Waals surface area contributed by atoms with Crippen LogP contribution >= 0.6 is 0 Å². The monoisotopic (exact) mass is 173 g/mol. The zero-order valence-corrected chi connectivity index (χ0v) is 7.97. The van der Waals surface area contributed by atoms with Crippen LogP contribution in [0.1, 0.15) is 26.7 Å². The van der Waals surface area contributed by atoms with Crippen molar-refractivity contribution in [1.29, 1.82) is 0 Å². The Balaban J connectivity index is 2.13. The molecule has 12 heavy (non-hydrogen) atoms. The highest BCUT2D eigenvalue weighted by atomic mass is 16.5. The summed E-state index contributed by atoms with van der Waals surface area (Å²) in [6.07, 6.45) is 2.48. The highest BCUT2D eigenvalue weighted by molar-refractivity contribution is 4.71. The molecular weight excluding hydrogens is 154 g/mol. The molecule has 0 aromatic rings. The molecule has 0 aliphatic carbocycles. The first-order valence-corrected chi connectivity index (χ1v) is 4.63. The van der Waals surface area contributed by atoms with E-state index in [0.717, 1.165) is 25.9 Å². The molecule has 1 saturated heterocycles. The van der Waals surface area contributed by atoms with Gasteiger partial charge in [0.25, 0.3) is 0 Å². The molecule has 0 unspecified atom stereocenters. The number of nitrogens with one attached hydrogen (secondary N) is 1. The van der Waals surface area contributed by atoms with Gasteiger partial charge in [0, 0.05) is 0 Å². The minimum Gasteiger partial charge on any atom is -0.388 e. The third-order valence-corrected chi connectivity index (χ3v) is 1.96. The lowest BCUT2D eigenvalue weighted by molar-refractivity contribution is -0.0604. The van der Waals surface area contributed by atoms with Gasteiger partial charge in [-0.2, -0.15) is 0 Å². The fourth-order valence-corrected chi connectivity index (χ4v) is 1.28. The molecule has 0 aromatic carbocycles. The molecule has 2 N–H and O–H groups in total. The van der Waals surface area contributed by atoms with Gasteiger partial charge in [-0.05, 0) is 39.8 Å². The smallest absolute Gasteiger partial charge is 0.0824 e. The highest BCUT2D eigenvalue weighted by Crippen LogP contribution is 2.10. The lowest BCUT2D eigenvalue weighted by Crippen LogP contribution is -2.36. The average molecular weight is 173 g/mol. The normalized spacial score (nSPS) is 21.2. The first-order valence-electron chi connectivity index (χ1n) is 4.63. The van der Waals surface area contributed by atoms with E-state index in [1.807, 2.05) is 0 Å². The summed E-state index contributed by atoms with van der Waals surface area (Å²) in [5, 5.41) is 12.7. The Morgan fingerprint density at radius 1 is 1.42 bits per heavy atom. The molecule has 3 nitrogen and oxygen atoms in total. The summed E-state index contributed by atoms with van der Waals surface area (Å²) in [6, 6.07) is 0. The molecule has 0 saturated carbocycles. The molecule has 72 valence electrons. The van der Waals surface area contributed by atoms with Gasteiger partial charge in [0.15, 0.2) is 0 Å². The van der Waals surface area contributed by atoms with Crippen LogP contribution < -0.4 is 5.32 Å². The van der Waals surface area contributed by atoms with Crippen LogP contribution in [0.3, 0.4) is 0 Å². The van der Waals surface area contributed by atoms with Crippen molar-refractivity contribution in [3.05, 3.63) is 0 Å². The van der Waals surface area contributed by atoms with Crippen LogP contribution in [0.15, 0.2) is 0 Å². The van der Waals surface area contributed by atoms with Crippen LogP contribution in [0.25, 0.3) is 0 Å². The Morgan fingerprint density at radius 2 is 2.00 bits per heavy atom. The van der Waals surface area contributed by atoms with Crippen LogP contribution in [-0.4, -0.2) is 36.5 Å². The molecule has 0 amide bonds. The molecule has 1 aliphatic rings. The van der Waals surface area contributed by atoms with Crippen LogP contribution in [0.4, 0.5) is 0 Å². The summed E-state index contributed by atoms with van der Waals surface area (Å²) < 4.78 is 5.56. The fourth-order valence-electron chi connectivity index (χ4n) is 1.28. The van der Waals surface area contributed by atoms with E-state index >= 15 is 0 Å². The summed E-state index contributed by atoms with van der Waals surface area (Å²) in [7, 11) is 0. The van der Waals surface area contributed by atoms with Gasteiger partial charge in [0.1, 0.15) is 0 Å². The largest absolute Gasteiger partial charge is 0.388 e. The molecule has 1 heterocycles. The van der Waals surface area contributed by atoms with E-state index in [9.17, 15) is 5.11 Å². The molecule has 1 rings (SSSR count). The van der Waals surface area contributed by atoms with Crippen LogP contribution in [0.2, 0.25) is 0 Å². The third kappa shape index (κ3) is 4.04. The molecular formula is C9H19NO2. The second kappa shape index (κ2) is 4.21. The van der Waals surface area contributed by atoms with Crippen molar-refractivity contribution in [3.63, 3.8) is 0 Å². The van der Waals surface area contributed by atoms with Crippen molar-refractivity contribution < 1.29 is 9.84 Å². The van der Waals surface area contributed by atoms with Gasteiger partial charge in [-0.3, -0.25) is 0 Å². The quantitative estimate of drug-likeness (QED) is 0.654. The van der Waals surface area contributed by atoms with E-state index in [4.69, 9.17) is 4.74 Å². The summed E-state index contributed by atoms with van der Waals surface area (Å²) >= 11 is 0. The second-order valence-corrected chi connectivity index (χ2v) is 4.07. The van der Waals surface area contributed by atoms with E-state index in [1.54, 1.807) is 13.8 Å². The molecule has 0 radical (unpaired) electrons. The zero-order chi connectivity index (χ0) is 9.03. The summed E-state index contributed by atoms with van der Waals surface area (Å²) in [5.41, 5.74) is -0.690. The number of hydrogen-bond acceptors (Lipinski definition) is 3. The molecule has 0 atom stereocenters. The van der Waals surface area contributed by atoms with Gasteiger partial charge < -0.3 is 15.2 Å². The predicted molar refractivity (Wildman–Crippen MR) is 48.1 cm³/mol. The Kier molecular flexibility index (Phi) is 3.50. The molecule has 0 bridgehead atoms. The number of piperidine rings is 1. The average Bonchev–Trinajstić information content (AvgIpc) is 2.02. The molecule has 1 fully saturated rings. The molecule has 3 heteroatoms. The number of ether oxygens (including phenoxy) is 1. The summed E-state index contributed by atoms with van der Waals surface area (Å²) in [4.78, 5) is 0. The minimum absolute atomic E-state index is 0.345. The number of aliphatic hydroxyl groups is 1. The van der Waals surface area contributed by atoms with Gasteiger partial charge in [0.05, 0.1) is 18.3 Å². The highest BCUT2D eigenvalue weighted by Gasteiger charge is 2.18. The third-order valence-electron chi connectivity index (χ3n) is 1.96. The second-order valence-electron chi connectivity index (χ2n) is 4.07. The van der Waals surface area contributed by atoms with Crippen molar-refractivity contribution in [1.82, 2.24) is 5.32 Å². The van der Waals surface area contributed by atoms with Gasteiger partial charge in [0.2, 0.25) is 0 Å². The van der Waals surface area contributed by atoms with Crippen LogP contribution in [0.5, 0.6) is 0 Å². The minimum atomic E-state index is -0.690. The maximum atomic E-state index is 9.41. The van der Waals surface area contributed by atoms with Gasteiger partial charge in [-0.1, -0.05) is 0 Å². The molecule has 0 aromatic heterocycles. The van der Waals surface area contributed by atoms with E-state index in [-0.39, 0.29) is 0 Å². The number of rotatable bonds is 3. The Bertz CT molecular complexity index is 125. The van der Waals surface area contributed by atoms with Crippen molar-refractivity contribution in [2.45, 2.75) is 38.4 Å². The zero-order valence-electron chi connectivity index (χ0n) is 7.97. The molecule has 0 spiro atoms. The maximum Gasteiger partial charge on any atom is 0.0824 e. The Morgan fingerprint density at radius 3 is 2.50 bits per heavy atom. The predicted octanol–water partition coefficient (Wildman–Crippen LogP) is 0.526. The lowest BCUT2D eigenvalue weighted by Gasteiger charge is -2.26. The first kappa shape index (κ1) is 9.96. The van der Waals surface area contributed by atoms with Crippen molar-refractivity contribution in [3.8, 4) is 0 Å². The summed E-state index contributed by atoms with van der Waals surface area (Å²) in [6.45, 7) is 6.06. The van der Waals surface area contributed by atoms with Crippen molar-refractivity contribution in [2.75, 3.05) is 19.7 Å². The SMILES string of the molecule is CC(C)(O)COC1CCNCC1. The number of hydrogen-bond donors (Lipinski definition) is 2. The first-order chi connectivity index (χ1) is 5.58. The Labute approximate surface area is 74.1 Å². The van der Waals surface area contributed by atoms with Gasteiger partial charge in [-0.15, -0.1) is 0 Å².